The van der Waals surface area contributed by atoms with E-state index >= 15 is 0 Å². The maximum absolute atomic E-state index is 5.30. The lowest BCUT2D eigenvalue weighted by Gasteiger charge is -2.10. The first-order chi connectivity index (χ1) is 9.13. The highest BCUT2D eigenvalue weighted by Crippen LogP contribution is 2.25. The molecule has 0 bridgehead atoms. The van der Waals surface area contributed by atoms with Gasteiger partial charge in [-0.2, -0.15) is 15.0 Å². The van der Waals surface area contributed by atoms with Crippen LogP contribution >= 0.6 is 15.9 Å². The van der Waals surface area contributed by atoms with Gasteiger partial charge in [-0.25, -0.2) is 5.84 Å². The molecular weight excluding hydrogens is 312 g/mol. The monoisotopic (exact) mass is 324 g/mol. The molecule has 0 saturated heterocycles. The summed E-state index contributed by atoms with van der Waals surface area (Å²) in [5.74, 6) is 5.87. The van der Waals surface area contributed by atoms with E-state index < -0.39 is 0 Å². The third-order valence-corrected chi connectivity index (χ3v) is 3.30. The number of nitrogens with zero attached hydrogens (tertiary/aromatic N) is 3. The number of benzene rings is 1. The summed E-state index contributed by atoms with van der Waals surface area (Å²) in [4.78, 5) is 12.1. The van der Waals surface area contributed by atoms with Crippen molar-refractivity contribution >= 4 is 33.5 Å². The van der Waals surface area contributed by atoms with E-state index in [0.717, 1.165) is 15.7 Å². The molecular formula is C11H13BrN6O. The Morgan fingerprint density at radius 2 is 1.95 bits per heavy atom. The van der Waals surface area contributed by atoms with Crippen molar-refractivity contribution in [2.45, 2.75) is 6.92 Å². The Morgan fingerprint density at radius 3 is 2.63 bits per heavy atom. The predicted molar refractivity (Wildman–Crippen MR) is 76.4 cm³/mol. The van der Waals surface area contributed by atoms with Gasteiger partial charge in [0, 0.05) is 10.2 Å². The molecule has 4 N–H and O–H groups in total. The van der Waals surface area contributed by atoms with E-state index in [4.69, 9.17) is 10.6 Å². The van der Waals surface area contributed by atoms with Gasteiger partial charge in [-0.15, -0.1) is 0 Å². The van der Waals surface area contributed by atoms with Crippen LogP contribution in [0, 0.1) is 6.92 Å². The van der Waals surface area contributed by atoms with Crippen molar-refractivity contribution < 1.29 is 4.74 Å². The summed E-state index contributed by atoms with van der Waals surface area (Å²) in [5, 5.41) is 3.09. The van der Waals surface area contributed by atoms with Crippen molar-refractivity contribution in [3.8, 4) is 6.01 Å². The Balaban J connectivity index is 2.34. The van der Waals surface area contributed by atoms with E-state index in [0.29, 0.717) is 5.95 Å². The standard InChI is InChI=1S/C11H13BrN6O/c1-6-7(12)4-3-5-8(6)14-9-15-10(18-13)17-11(16-9)19-2/h3-5H,13H2,1-2H3,(H2,14,15,16,17,18). The maximum atomic E-state index is 5.30. The molecule has 0 radical (unpaired) electrons. The van der Waals surface area contributed by atoms with Crippen LogP contribution in [0.3, 0.4) is 0 Å². The number of methoxy groups -OCH3 is 1. The number of anilines is 3. The predicted octanol–water partition coefficient (Wildman–Crippen LogP) is 1.98. The molecule has 0 fully saturated rings. The Hall–Kier alpha value is -1.93. The minimum Gasteiger partial charge on any atom is -0.467 e. The molecule has 19 heavy (non-hydrogen) atoms. The Morgan fingerprint density at radius 1 is 1.21 bits per heavy atom. The van der Waals surface area contributed by atoms with Gasteiger partial charge in [0.05, 0.1) is 7.11 Å². The minimum atomic E-state index is 0.179. The molecule has 0 spiro atoms. The molecule has 8 heteroatoms. The van der Waals surface area contributed by atoms with Gasteiger partial charge in [0.25, 0.3) is 0 Å². The molecule has 0 amide bonds. The van der Waals surface area contributed by atoms with Crippen molar-refractivity contribution in [1.82, 2.24) is 15.0 Å². The fraction of sp³-hybridized carbons (Fsp3) is 0.182. The SMILES string of the molecule is COc1nc(NN)nc(Nc2cccc(Br)c2C)n1. The van der Waals surface area contributed by atoms with Crippen molar-refractivity contribution in [2.24, 2.45) is 5.84 Å². The lowest BCUT2D eigenvalue weighted by molar-refractivity contribution is 0.379. The van der Waals surface area contributed by atoms with Crippen molar-refractivity contribution in [3.63, 3.8) is 0 Å². The molecule has 100 valence electrons. The van der Waals surface area contributed by atoms with E-state index in [9.17, 15) is 0 Å². The quantitative estimate of drug-likeness (QED) is 0.584. The summed E-state index contributed by atoms with van der Waals surface area (Å²) < 4.78 is 5.98. The van der Waals surface area contributed by atoms with E-state index in [1.54, 1.807) is 0 Å². The first-order valence-corrected chi connectivity index (χ1v) is 6.22. The number of hydrogen-bond acceptors (Lipinski definition) is 7. The van der Waals surface area contributed by atoms with Crippen molar-refractivity contribution in [3.05, 3.63) is 28.2 Å². The van der Waals surface area contributed by atoms with Gasteiger partial charge >= 0.3 is 6.01 Å². The number of hydrogen-bond donors (Lipinski definition) is 3. The molecule has 0 atom stereocenters. The van der Waals surface area contributed by atoms with E-state index in [1.165, 1.54) is 7.11 Å². The highest BCUT2D eigenvalue weighted by atomic mass is 79.9. The number of rotatable bonds is 4. The van der Waals surface area contributed by atoms with Crippen LogP contribution in [-0.2, 0) is 0 Å². The second-order valence-electron chi connectivity index (χ2n) is 3.65. The van der Waals surface area contributed by atoms with Gasteiger partial charge in [0.1, 0.15) is 0 Å². The molecule has 0 aliphatic rings. The summed E-state index contributed by atoms with van der Waals surface area (Å²) in [7, 11) is 1.48. The van der Waals surface area contributed by atoms with Gasteiger partial charge in [0.15, 0.2) is 0 Å². The van der Waals surface area contributed by atoms with Crippen LogP contribution in [-0.4, -0.2) is 22.1 Å². The molecule has 1 heterocycles. The van der Waals surface area contributed by atoms with Crippen LogP contribution in [0.4, 0.5) is 17.6 Å². The second kappa shape index (κ2) is 5.81. The Labute approximate surface area is 118 Å². The lowest BCUT2D eigenvalue weighted by atomic mass is 10.2. The van der Waals surface area contributed by atoms with Gasteiger partial charge in [-0.05, 0) is 24.6 Å². The number of ether oxygens (including phenoxy) is 1. The van der Waals surface area contributed by atoms with Crippen LogP contribution in [0.5, 0.6) is 6.01 Å². The molecule has 0 aliphatic heterocycles. The van der Waals surface area contributed by atoms with Crippen molar-refractivity contribution in [2.75, 3.05) is 17.9 Å². The first-order valence-electron chi connectivity index (χ1n) is 5.43. The van der Waals surface area contributed by atoms with Crippen LogP contribution < -0.4 is 21.3 Å². The second-order valence-corrected chi connectivity index (χ2v) is 4.51. The molecule has 7 nitrogen and oxygen atoms in total. The van der Waals surface area contributed by atoms with E-state index in [2.05, 4.69) is 41.6 Å². The number of nitrogens with two attached hydrogens (primary N) is 1. The third-order valence-electron chi connectivity index (χ3n) is 2.44. The molecule has 0 aliphatic carbocycles. The molecule has 1 aromatic carbocycles. The van der Waals surface area contributed by atoms with Crippen LogP contribution in [0.25, 0.3) is 0 Å². The topological polar surface area (TPSA) is 98.0 Å². The average molecular weight is 325 g/mol. The zero-order valence-corrected chi connectivity index (χ0v) is 12.0. The van der Waals surface area contributed by atoms with E-state index in [-0.39, 0.29) is 12.0 Å². The van der Waals surface area contributed by atoms with Crippen molar-refractivity contribution in [1.29, 1.82) is 0 Å². The summed E-state index contributed by atoms with van der Waals surface area (Å²) >= 11 is 3.47. The highest BCUT2D eigenvalue weighted by Gasteiger charge is 2.08. The summed E-state index contributed by atoms with van der Waals surface area (Å²) in [6.07, 6.45) is 0. The fourth-order valence-electron chi connectivity index (χ4n) is 1.43. The Kier molecular flexibility index (Phi) is 4.13. The van der Waals surface area contributed by atoms with Crippen LogP contribution in [0.15, 0.2) is 22.7 Å². The third kappa shape index (κ3) is 3.09. The summed E-state index contributed by atoms with van der Waals surface area (Å²) in [6, 6.07) is 5.98. The Bertz CT molecular complexity index is 569. The normalized spacial score (nSPS) is 10.1. The smallest absolute Gasteiger partial charge is 0.322 e. The number of nitrogens with one attached hydrogen (secondary N) is 2. The molecule has 1 aromatic heterocycles. The largest absolute Gasteiger partial charge is 0.467 e. The summed E-state index contributed by atoms with van der Waals surface area (Å²) in [6.45, 7) is 1.98. The maximum Gasteiger partial charge on any atom is 0.322 e. The van der Waals surface area contributed by atoms with Crippen LogP contribution in [0.2, 0.25) is 0 Å². The lowest BCUT2D eigenvalue weighted by Crippen LogP contribution is -2.13. The van der Waals surface area contributed by atoms with Gasteiger partial charge in [-0.3, -0.25) is 5.43 Å². The number of nitrogen functional groups attached to an aromatic ring is 1. The fourth-order valence-corrected chi connectivity index (χ4v) is 1.80. The molecule has 2 aromatic rings. The van der Waals surface area contributed by atoms with E-state index in [1.807, 2.05) is 25.1 Å². The number of halogens is 1. The number of hydrazine groups is 1. The minimum absolute atomic E-state index is 0.179. The molecule has 0 saturated carbocycles. The highest BCUT2D eigenvalue weighted by molar-refractivity contribution is 9.10. The zero-order chi connectivity index (χ0) is 13.8. The van der Waals surface area contributed by atoms with Gasteiger partial charge < -0.3 is 10.1 Å². The molecule has 2 rings (SSSR count). The molecule has 0 unspecified atom stereocenters. The summed E-state index contributed by atoms with van der Waals surface area (Å²) in [5.41, 5.74) is 4.29. The zero-order valence-electron chi connectivity index (χ0n) is 10.4. The average Bonchev–Trinajstić information content (AvgIpc) is 2.43. The number of aromatic nitrogens is 3. The van der Waals surface area contributed by atoms with Crippen LogP contribution in [0.1, 0.15) is 5.56 Å². The van der Waals surface area contributed by atoms with Gasteiger partial charge in [0.2, 0.25) is 11.9 Å². The first kappa shape index (κ1) is 13.5. The van der Waals surface area contributed by atoms with Gasteiger partial charge in [-0.1, -0.05) is 22.0 Å².